The molecule has 0 aliphatic carbocycles. The summed E-state index contributed by atoms with van der Waals surface area (Å²) in [4.78, 5) is 2.50. The van der Waals surface area contributed by atoms with Gasteiger partial charge < -0.3 is 9.47 Å². The van der Waals surface area contributed by atoms with Gasteiger partial charge in [0.05, 0.1) is 19.3 Å². The van der Waals surface area contributed by atoms with E-state index in [1.807, 2.05) is 12.1 Å². The first-order valence-corrected chi connectivity index (χ1v) is 7.26. The van der Waals surface area contributed by atoms with Crippen molar-refractivity contribution in [1.82, 2.24) is 4.90 Å². The van der Waals surface area contributed by atoms with Gasteiger partial charge in [-0.1, -0.05) is 18.2 Å². The molecule has 2 heterocycles. The van der Waals surface area contributed by atoms with Gasteiger partial charge in [-0.25, -0.2) is 0 Å². The zero-order valence-electron chi connectivity index (χ0n) is 11.8. The van der Waals surface area contributed by atoms with E-state index in [0.29, 0.717) is 12.2 Å². The summed E-state index contributed by atoms with van der Waals surface area (Å²) in [5.74, 6) is 1.77. The lowest BCUT2D eigenvalue weighted by molar-refractivity contribution is -0.00291. The number of hydrogen-bond acceptors (Lipinski definition) is 3. The van der Waals surface area contributed by atoms with E-state index in [1.54, 1.807) is 7.11 Å². The minimum absolute atomic E-state index is 0.443. The van der Waals surface area contributed by atoms with Crippen LogP contribution < -0.4 is 4.74 Å². The molecule has 2 aliphatic heterocycles. The first kappa shape index (κ1) is 12.9. The standard InChI is InChI=1S/C16H23NO2/c1-12-9-13-7-8-17(11-16(13)19-12)10-14-5-3-4-6-15(14)18-2/h3-6,12-13,16H,7-11H2,1-2H3/t12-,13+,16-/m1/s1. The van der Waals surface area contributed by atoms with E-state index in [2.05, 4.69) is 24.0 Å². The van der Waals surface area contributed by atoms with Crippen molar-refractivity contribution in [2.24, 2.45) is 5.92 Å². The summed E-state index contributed by atoms with van der Waals surface area (Å²) in [6.07, 6.45) is 3.40. The van der Waals surface area contributed by atoms with Crippen LogP contribution >= 0.6 is 0 Å². The monoisotopic (exact) mass is 261 g/mol. The van der Waals surface area contributed by atoms with Gasteiger partial charge in [-0.2, -0.15) is 0 Å². The summed E-state index contributed by atoms with van der Waals surface area (Å²) in [7, 11) is 1.74. The van der Waals surface area contributed by atoms with E-state index in [1.165, 1.54) is 24.9 Å². The van der Waals surface area contributed by atoms with Gasteiger partial charge in [0.25, 0.3) is 0 Å². The highest BCUT2D eigenvalue weighted by atomic mass is 16.5. The van der Waals surface area contributed by atoms with Gasteiger partial charge in [0, 0.05) is 18.7 Å². The van der Waals surface area contributed by atoms with Gasteiger partial charge in [0.15, 0.2) is 0 Å². The summed E-state index contributed by atoms with van der Waals surface area (Å²) >= 11 is 0. The molecule has 0 spiro atoms. The molecule has 1 aromatic rings. The molecule has 0 amide bonds. The van der Waals surface area contributed by atoms with Gasteiger partial charge in [-0.3, -0.25) is 4.90 Å². The highest BCUT2D eigenvalue weighted by molar-refractivity contribution is 5.33. The third-order valence-corrected chi connectivity index (χ3v) is 4.41. The number of methoxy groups -OCH3 is 1. The smallest absolute Gasteiger partial charge is 0.123 e. The predicted molar refractivity (Wildman–Crippen MR) is 75.3 cm³/mol. The van der Waals surface area contributed by atoms with Gasteiger partial charge >= 0.3 is 0 Å². The minimum atomic E-state index is 0.443. The zero-order valence-corrected chi connectivity index (χ0v) is 11.8. The minimum Gasteiger partial charge on any atom is -0.496 e. The van der Waals surface area contributed by atoms with Crippen molar-refractivity contribution in [3.8, 4) is 5.75 Å². The number of nitrogens with zero attached hydrogens (tertiary/aromatic N) is 1. The van der Waals surface area contributed by atoms with Crippen LogP contribution in [0.1, 0.15) is 25.3 Å². The first-order valence-electron chi connectivity index (χ1n) is 7.26. The molecule has 3 atom stereocenters. The van der Waals surface area contributed by atoms with E-state index >= 15 is 0 Å². The third-order valence-electron chi connectivity index (χ3n) is 4.41. The number of fused-ring (bicyclic) bond motifs is 1. The highest BCUT2D eigenvalue weighted by Gasteiger charge is 2.37. The Hall–Kier alpha value is -1.06. The Kier molecular flexibility index (Phi) is 3.76. The first-order chi connectivity index (χ1) is 9.26. The number of para-hydroxylation sites is 1. The second-order valence-electron chi connectivity index (χ2n) is 5.82. The second kappa shape index (κ2) is 5.51. The molecule has 3 nitrogen and oxygen atoms in total. The molecule has 104 valence electrons. The maximum atomic E-state index is 6.02. The zero-order chi connectivity index (χ0) is 13.2. The van der Waals surface area contributed by atoms with Gasteiger partial charge in [-0.05, 0) is 38.3 Å². The van der Waals surface area contributed by atoms with Gasteiger partial charge in [-0.15, -0.1) is 0 Å². The van der Waals surface area contributed by atoms with Crippen LogP contribution in [0, 0.1) is 5.92 Å². The van der Waals surface area contributed by atoms with E-state index in [4.69, 9.17) is 9.47 Å². The largest absolute Gasteiger partial charge is 0.496 e. The topological polar surface area (TPSA) is 21.7 Å². The van der Waals surface area contributed by atoms with Crippen molar-refractivity contribution >= 4 is 0 Å². The van der Waals surface area contributed by atoms with Crippen molar-refractivity contribution < 1.29 is 9.47 Å². The molecule has 0 N–H and O–H groups in total. The van der Waals surface area contributed by atoms with Crippen molar-refractivity contribution in [2.75, 3.05) is 20.2 Å². The fourth-order valence-corrected chi connectivity index (χ4v) is 3.45. The lowest BCUT2D eigenvalue weighted by Crippen LogP contribution is -2.41. The molecular weight excluding hydrogens is 238 g/mol. The van der Waals surface area contributed by atoms with E-state index in [0.717, 1.165) is 24.8 Å². The molecule has 0 aromatic heterocycles. The fourth-order valence-electron chi connectivity index (χ4n) is 3.45. The van der Waals surface area contributed by atoms with E-state index in [-0.39, 0.29) is 0 Å². The van der Waals surface area contributed by atoms with Gasteiger partial charge in [0.2, 0.25) is 0 Å². The molecule has 3 heteroatoms. The Bertz CT molecular complexity index is 435. The maximum Gasteiger partial charge on any atom is 0.123 e. The molecule has 0 unspecified atom stereocenters. The van der Waals surface area contributed by atoms with E-state index in [9.17, 15) is 0 Å². The molecule has 0 radical (unpaired) electrons. The molecule has 0 bridgehead atoms. The quantitative estimate of drug-likeness (QED) is 0.835. The molecule has 2 aliphatic rings. The Morgan fingerprint density at radius 1 is 1.37 bits per heavy atom. The van der Waals surface area contributed by atoms with Crippen LogP contribution in [-0.4, -0.2) is 37.3 Å². The maximum absolute atomic E-state index is 6.02. The highest BCUT2D eigenvalue weighted by Crippen LogP contribution is 2.33. The molecule has 2 fully saturated rings. The molecule has 0 saturated carbocycles. The molecule has 3 rings (SSSR count). The summed E-state index contributed by atoms with van der Waals surface area (Å²) in [6, 6.07) is 8.30. The Balaban J connectivity index is 1.65. The molecular formula is C16H23NO2. The second-order valence-corrected chi connectivity index (χ2v) is 5.82. The Morgan fingerprint density at radius 3 is 3.05 bits per heavy atom. The van der Waals surface area contributed by atoms with Crippen LogP contribution in [-0.2, 0) is 11.3 Å². The Morgan fingerprint density at radius 2 is 2.21 bits per heavy atom. The Labute approximate surface area is 115 Å². The molecule has 19 heavy (non-hydrogen) atoms. The lowest BCUT2D eigenvalue weighted by Gasteiger charge is -2.34. The van der Waals surface area contributed by atoms with Crippen LogP contribution in [0.25, 0.3) is 0 Å². The molecule has 2 saturated heterocycles. The lowest BCUT2D eigenvalue weighted by atomic mass is 9.92. The summed E-state index contributed by atoms with van der Waals surface area (Å²) in [6.45, 7) is 5.40. The number of hydrogen-bond donors (Lipinski definition) is 0. The number of rotatable bonds is 3. The normalized spacial score (nSPS) is 31.2. The van der Waals surface area contributed by atoms with Crippen molar-refractivity contribution in [2.45, 2.75) is 38.5 Å². The predicted octanol–water partition coefficient (Wildman–Crippen LogP) is 2.69. The molecule has 1 aromatic carbocycles. The number of piperidine rings is 1. The van der Waals surface area contributed by atoms with Crippen LogP contribution in [0.4, 0.5) is 0 Å². The third kappa shape index (κ3) is 2.77. The summed E-state index contributed by atoms with van der Waals surface area (Å²) in [5, 5.41) is 0. The van der Waals surface area contributed by atoms with Crippen LogP contribution in [0.15, 0.2) is 24.3 Å². The fraction of sp³-hybridized carbons (Fsp3) is 0.625. The van der Waals surface area contributed by atoms with Crippen LogP contribution in [0.3, 0.4) is 0 Å². The van der Waals surface area contributed by atoms with Crippen molar-refractivity contribution in [3.63, 3.8) is 0 Å². The van der Waals surface area contributed by atoms with Crippen LogP contribution in [0.5, 0.6) is 5.75 Å². The van der Waals surface area contributed by atoms with E-state index < -0.39 is 0 Å². The average Bonchev–Trinajstić information content (AvgIpc) is 2.79. The van der Waals surface area contributed by atoms with Crippen LogP contribution in [0.2, 0.25) is 0 Å². The SMILES string of the molecule is COc1ccccc1CN1CC[C@H]2C[C@@H](C)O[C@@H]2C1. The van der Waals surface area contributed by atoms with Crippen molar-refractivity contribution in [1.29, 1.82) is 0 Å². The average molecular weight is 261 g/mol. The van der Waals surface area contributed by atoms with Gasteiger partial charge in [0.1, 0.15) is 5.75 Å². The summed E-state index contributed by atoms with van der Waals surface area (Å²) < 4.78 is 11.4. The number of likely N-dealkylation sites (tertiary alicyclic amines) is 1. The summed E-state index contributed by atoms with van der Waals surface area (Å²) in [5.41, 5.74) is 1.27. The number of ether oxygens (including phenoxy) is 2. The number of benzene rings is 1. The van der Waals surface area contributed by atoms with Crippen molar-refractivity contribution in [3.05, 3.63) is 29.8 Å².